The third kappa shape index (κ3) is 15.1. The second kappa shape index (κ2) is 21.3. The van der Waals surface area contributed by atoms with Crippen molar-refractivity contribution in [3.8, 4) is 0 Å². The second-order valence-electron chi connectivity index (χ2n) is 10.6. The van der Waals surface area contributed by atoms with Crippen LogP contribution in [0.2, 0.25) is 0 Å². The predicted octanol–water partition coefficient (Wildman–Crippen LogP) is 2.44. The molecule has 15 heteroatoms. The summed E-state index contributed by atoms with van der Waals surface area (Å²) < 4.78 is 0. The Balaban J connectivity index is 0.000000333. The molecule has 10 radical (unpaired) electrons. The molecule has 2 fully saturated rings. The van der Waals surface area contributed by atoms with Gasteiger partial charge >= 0.3 is 17.1 Å². The van der Waals surface area contributed by atoms with E-state index >= 15 is 0 Å². The summed E-state index contributed by atoms with van der Waals surface area (Å²) in [6.07, 6.45) is 13.8. The normalized spacial score (nSPS) is 15.1. The average molecular weight is 743 g/mol. The summed E-state index contributed by atoms with van der Waals surface area (Å²) >= 11 is 10.2. The molecular formula is C34H38FeN8O4S2+2. The minimum absolute atomic E-state index is 0. The molecule has 0 bridgehead atoms. The van der Waals surface area contributed by atoms with Gasteiger partial charge in [-0.2, -0.15) is 0 Å². The third-order valence-electron chi connectivity index (χ3n) is 6.55. The quantitative estimate of drug-likeness (QED) is 0.115. The predicted molar refractivity (Wildman–Crippen MR) is 193 cm³/mol. The van der Waals surface area contributed by atoms with Gasteiger partial charge in [0.2, 0.25) is 11.8 Å². The fourth-order valence-corrected chi connectivity index (χ4v) is 4.13. The van der Waals surface area contributed by atoms with Gasteiger partial charge in [-0.1, -0.05) is 35.4 Å². The standard InChI is InChI=1S/2C17H19N4O2S.Fe/c2*1-11-7-9-14(10-8-11)19-17(24)21-20-15(22)12(2)18-16(23)13-5-3-4-6-13;/h2*3-10,12H,1-2H3,(H,18,23)(H,20,22)(H2,19,21,24);/q;;+2/t2*12-;/m00./s1. The molecule has 8 N–H and O–H groups in total. The molecule has 0 spiro atoms. The van der Waals surface area contributed by atoms with Crippen LogP contribution in [0.25, 0.3) is 0 Å². The Labute approximate surface area is 310 Å². The number of hydrazine groups is 2. The van der Waals surface area contributed by atoms with Crippen LogP contribution >= 0.6 is 24.4 Å². The molecule has 0 heterocycles. The molecule has 256 valence electrons. The van der Waals surface area contributed by atoms with E-state index in [1.807, 2.05) is 62.4 Å². The molecule has 2 saturated carbocycles. The van der Waals surface area contributed by atoms with Gasteiger partial charge in [-0.25, -0.2) is 0 Å². The summed E-state index contributed by atoms with van der Waals surface area (Å²) in [6.45, 7) is 7.17. The zero-order valence-electron chi connectivity index (χ0n) is 27.2. The van der Waals surface area contributed by atoms with Crippen LogP contribution in [0.3, 0.4) is 0 Å². The Morgan fingerprint density at radius 3 is 1.14 bits per heavy atom. The number of carbonyl (C=O) groups is 4. The van der Waals surface area contributed by atoms with Crippen LogP contribution in [0.5, 0.6) is 0 Å². The third-order valence-corrected chi connectivity index (χ3v) is 6.96. The fourth-order valence-electron chi connectivity index (χ4n) is 3.79. The summed E-state index contributed by atoms with van der Waals surface area (Å²) in [7, 11) is 0. The van der Waals surface area contributed by atoms with Crippen molar-refractivity contribution < 1.29 is 36.2 Å². The molecule has 0 aromatic heterocycles. The average Bonchev–Trinajstić information content (AvgIpc) is 3.81. The van der Waals surface area contributed by atoms with E-state index in [9.17, 15) is 19.2 Å². The van der Waals surface area contributed by atoms with E-state index in [4.69, 9.17) is 24.4 Å². The van der Waals surface area contributed by atoms with Crippen molar-refractivity contribution in [3.05, 3.63) is 123 Å². The summed E-state index contributed by atoms with van der Waals surface area (Å²) in [5.41, 5.74) is 14.0. The molecule has 2 aliphatic carbocycles. The second-order valence-corrected chi connectivity index (χ2v) is 11.4. The first-order valence-corrected chi connectivity index (χ1v) is 15.6. The van der Waals surface area contributed by atoms with E-state index in [0.717, 1.165) is 22.5 Å². The molecule has 0 unspecified atom stereocenters. The number of amides is 4. The maximum atomic E-state index is 12.0. The van der Waals surface area contributed by atoms with Crippen molar-refractivity contribution in [1.82, 2.24) is 32.3 Å². The molecule has 4 rings (SSSR count). The number of rotatable bonds is 8. The number of hydrogen-bond donors (Lipinski definition) is 8. The molecule has 0 saturated heterocycles. The Kier molecular flexibility index (Phi) is 18.0. The van der Waals surface area contributed by atoms with Gasteiger partial charge in [-0.05, 0) is 128 Å². The van der Waals surface area contributed by atoms with Gasteiger partial charge in [-0.3, -0.25) is 40.9 Å². The number of hydrogen-bond acceptors (Lipinski definition) is 6. The van der Waals surface area contributed by atoms with Crippen LogP contribution in [-0.2, 0) is 36.2 Å². The van der Waals surface area contributed by atoms with Crippen LogP contribution < -0.4 is 43.0 Å². The van der Waals surface area contributed by atoms with Crippen molar-refractivity contribution in [3.63, 3.8) is 0 Å². The summed E-state index contributed by atoms with van der Waals surface area (Å²) in [5, 5.41) is 11.6. The van der Waals surface area contributed by atoms with Gasteiger partial charge in [-0.15, -0.1) is 0 Å². The fraction of sp³-hybridized carbons (Fsp3) is 0.176. The van der Waals surface area contributed by atoms with Crippen LogP contribution in [-0.4, -0.2) is 45.9 Å². The van der Waals surface area contributed by atoms with E-state index in [0.29, 0.717) is 11.8 Å². The first-order chi connectivity index (χ1) is 22.9. The van der Waals surface area contributed by atoms with Crippen LogP contribution in [0.4, 0.5) is 11.4 Å². The van der Waals surface area contributed by atoms with E-state index in [2.05, 4.69) is 43.0 Å². The van der Waals surface area contributed by atoms with Crippen molar-refractivity contribution in [2.45, 2.75) is 39.8 Å². The van der Waals surface area contributed by atoms with Gasteiger partial charge < -0.3 is 21.3 Å². The Hall–Kier alpha value is -3.78. The van der Waals surface area contributed by atoms with Crippen LogP contribution in [0.15, 0.2) is 48.5 Å². The van der Waals surface area contributed by atoms with Crippen molar-refractivity contribution in [2.75, 3.05) is 10.6 Å². The number of benzene rings is 2. The molecular weight excluding hydrogens is 704 g/mol. The number of aryl methyl sites for hydroxylation is 2. The van der Waals surface area contributed by atoms with Gasteiger partial charge in [0.05, 0.1) is 11.8 Å². The smallest absolute Gasteiger partial charge is 0.344 e. The minimum atomic E-state index is -0.706. The zero-order chi connectivity index (χ0) is 35.1. The van der Waals surface area contributed by atoms with Crippen molar-refractivity contribution in [1.29, 1.82) is 0 Å². The number of nitrogens with one attached hydrogen (secondary N) is 8. The monoisotopic (exact) mass is 742 g/mol. The SMILES string of the molecule is Cc1ccc(NC(=S)NNC(=O)[C@H](C)NC(=O)[C]2[CH][CH][CH][CH]2)cc1.Cc1ccc(NC(=S)NNC(=O)[C@H](C)NC(=O)[C]2[CH][CH][CH][CH]2)cc1.[Fe+2]. The molecule has 4 amide bonds. The first-order valence-electron chi connectivity index (χ1n) is 14.8. The summed E-state index contributed by atoms with van der Waals surface area (Å²) in [6, 6.07) is 13.9. The Morgan fingerprint density at radius 1 is 0.531 bits per heavy atom. The number of anilines is 2. The van der Waals surface area contributed by atoms with Crippen LogP contribution in [0.1, 0.15) is 25.0 Å². The van der Waals surface area contributed by atoms with Crippen LogP contribution in [0, 0.1) is 77.0 Å². The number of thiocarbonyl (C=S) groups is 2. The molecule has 2 atom stereocenters. The first kappa shape index (κ1) is 41.4. The Morgan fingerprint density at radius 2 is 0.837 bits per heavy atom. The van der Waals surface area contributed by atoms with Gasteiger partial charge in [0.1, 0.15) is 12.1 Å². The van der Waals surface area contributed by atoms with Gasteiger partial charge in [0, 0.05) is 11.4 Å². The van der Waals surface area contributed by atoms with Gasteiger partial charge in [0.25, 0.3) is 11.8 Å². The topological polar surface area (TPSA) is 165 Å². The van der Waals surface area contributed by atoms with E-state index in [1.54, 1.807) is 65.2 Å². The molecule has 12 nitrogen and oxygen atoms in total. The largest absolute Gasteiger partial charge is 2.00 e. The molecule has 2 aromatic rings. The van der Waals surface area contributed by atoms with E-state index < -0.39 is 23.9 Å². The molecule has 0 aliphatic heterocycles. The zero-order valence-corrected chi connectivity index (χ0v) is 29.9. The van der Waals surface area contributed by atoms with E-state index in [-0.39, 0.29) is 39.1 Å². The summed E-state index contributed by atoms with van der Waals surface area (Å²) in [4.78, 5) is 47.7. The van der Waals surface area contributed by atoms with E-state index in [1.165, 1.54) is 0 Å². The maximum absolute atomic E-state index is 12.0. The molecule has 2 aromatic carbocycles. The Bertz CT molecular complexity index is 1310. The summed E-state index contributed by atoms with van der Waals surface area (Å²) in [5.74, 6) is -0.379. The van der Waals surface area contributed by atoms with Crippen molar-refractivity contribution in [2.24, 2.45) is 0 Å². The van der Waals surface area contributed by atoms with Gasteiger partial charge in [0.15, 0.2) is 10.2 Å². The molecule has 2 aliphatic rings. The van der Waals surface area contributed by atoms with Crippen molar-refractivity contribution >= 4 is 69.7 Å². The number of carbonyl (C=O) groups excluding carboxylic acids is 4. The maximum Gasteiger partial charge on any atom is 2.00 e. The molecule has 49 heavy (non-hydrogen) atoms. The minimum Gasteiger partial charge on any atom is -0.344 e.